The van der Waals surface area contributed by atoms with Crippen LogP contribution >= 0.6 is 11.3 Å². The quantitative estimate of drug-likeness (QED) is 0.494. The largest absolute Gasteiger partial charge is 0.447 e. The molecule has 1 aromatic heterocycles. The Labute approximate surface area is 163 Å². The average Bonchev–Trinajstić information content (AvgIpc) is 3.33. The molecule has 0 saturated carbocycles. The van der Waals surface area contributed by atoms with Crippen molar-refractivity contribution < 1.29 is 14.4 Å². The molecule has 8 nitrogen and oxygen atoms in total. The van der Waals surface area contributed by atoms with Gasteiger partial charge in [0.15, 0.2) is 11.5 Å². The van der Waals surface area contributed by atoms with Crippen LogP contribution < -0.4 is 14.5 Å². The highest BCUT2D eigenvalue weighted by molar-refractivity contribution is 7.13. The highest BCUT2D eigenvalue weighted by Gasteiger charge is 2.28. The number of thiazole rings is 1. The lowest BCUT2D eigenvalue weighted by Crippen LogP contribution is -2.17. The van der Waals surface area contributed by atoms with Crippen molar-refractivity contribution in [1.29, 1.82) is 0 Å². The van der Waals surface area contributed by atoms with Gasteiger partial charge in [0.1, 0.15) is 0 Å². The Morgan fingerprint density at radius 2 is 1.96 bits per heavy atom. The molecular weight excluding hydrogens is 380 g/mol. The van der Waals surface area contributed by atoms with Crippen molar-refractivity contribution in [3.05, 3.63) is 74.8 Å². The average molecular weight is 394 g/mol. The van der Waals surface area contributed by atoms with Crippen LogP contribution in [0.1, 0.15) is 23.0 Å². The van der Waals surface area contributed by atoms with Crippen LogP contribution in [0.3, 0.4) is 0 Å². The van der Waals surface area contributed by atoms with Gasteiger partial charge in [0.25, 0.3) is 12.0 Å². The van der Waals surface area contributed by atoms with Crippen LogP contribution in [0.25, 0.3) is 0 Å². The van der Waals surface area contributed by atoms with Crippen LogP contribution in [0, 0.1) is 10.1 Å². The number of non-ortho nitro benzene ring substituents is 1. The van der Waals surface area contributed by atoms with Crippen LogP contribution in [-0.2, 0) is 6.42 Å². The number of nitrogens with zero attached hydrogens (tertiary/aromatic N) is 4. The number of anilines is 1. The summed E-state index contributed by atoms with van der Waals surface area (Å²) < 4.78 is 11.9. The van der Waals surface area contributed by atoms with E-state index in [0.717, 1.165) is 34.8 Å². The number of nitro benzene ring substituents is 1. The van der Waals surface area contributed by atoms with Gasteiger partial charge in [0.2, 0.25) is 5.13 Å². The second-order valence-electron chi connectivity index (χ2n) is 6.35. The standard InChI is InChI=1S/C19H14N4O4S/c24-23(25)15-3-1-12(2-4-15)18-26-16-9-13-5-7-22(19-20-6-8-28-19)21-11-14(13)10-17(16)27-18/h1-4,6,8-11,18H,5,7H2. The molecule has 0 radical (unpaired) electrons. The van der Waals surface area contributed by atoms with Gasteiger partial charge in [-0.25, -0.2) is 9.99 Å². The fourth-order valence-electron chi connectivity index (χ4n) is 3.19. The molecule has 3 heterocycles. The van der Waals surface area contributed by atoms with Gasteiger partial charge in [-0.15, -0.1) is 11.3 Å². The maximum atomic E-state index is 10.8. The molecule has 9 heteroatoms. The van der Waals surface area contributed by atoms with E-state index >= 15 is 0 Å². The molecule has 0 spiro atoms. The monoisotopic (exact) mass is 394 g/mol. The third-order valence-electron chi connectivity index (χ3n) is 4.62. The van der Waals surface area contributed by atoms with E-state index in [1.807, 2.05) is 28.7 Å². The molecule has 28 heavy (non-hydrogen) atoms. The third kappa shape index (κ3) is 2.95. The fraction of sp³-hybridized carbons (Fsp3) is 0.158. The normalized spacial score (nSPS) is 17.3. The van der Waals surface area contributed by atoms with Crippen molar-refractivity contribution in [1.82, 2.24) is 4.98 Å². The van der Waals surface area contributed by atoms with Crippen LogP contribution in [-0.4, -0.2) is 22.7 Å². The minimum Gasteiger partial charge on any atom is -0.447 e. The number of rotatable bonds is 3. The molecule has 0 bridgehead atoms. The van der Waals surface area contributed by atoms with E-state index in [1.165, 1.54) is 12.1 Å². The number of hydrogen-bond donors (Lipinski definition) is 0. The molecule has 2 aliphatic rings. The van der Waals surface area contributed by atoms with Crippen LogP contribution in [0.4, 0.5) is 10.8 Å². The lowest BCUT2D eigenvalue weighted by atomic mass is 10.0. The summed E-state index contributed by atoms with van der Waals surface area (Å²) in [5, 5.41) is 20.0. The molecule has 3 aromatic rings. The lowest BCUT2D eigenvalue weighted by Gasteiger charge is -2.13. The molecule has 2 aromatic carbocycles. The van der Waals surface area contributed by atoms with Crippen molar-refractivity contribution in [3.8, 4) is 11.5 Å². The Kier molecular flexibility index (Phi) is 3.94. The van der Waals surface area contributed by atoms with E-state index < -0.39 is 11.2 Å². The summed E-state index contributed by atoms with van der Waals surface area (Å²) in [5.74, 6) is 1.30. The summed E-state index contributed by atoms with van der Waals surface area (Å²) in [7, 11) is 0. The van der Waals surface area contributed by atoms with Crippen LogP contribution in [0.15, 0.2) is 53.1 Å². The first-order valence-electron chi connectivity index (χ1n) is 8.63. The minimum absolute atomic E-state index is 0.0342. The maximum Gasteiger partial charge on any atom is 0.269 e. The Bertz CT molecular complexity index is 1070. The molecule has 1 atom stereocenters. The van der Waals surface area contributed by atoms with Gasteiger partial charge >= 0.3 is 0 Å². The Hall–Kier alpha value is -3.46. The number of ether oxygens (including phenoxy) is 2. The van der Waals surface area contributed by atoms with Crippen LogP contribution in [0.2, 0.25) is 0 Å². The molecule has 5 rings (SSSR count). The summed E-state index contributed by atoms with van der Waals surface area (Å²) in [4.78, 5) is 14.7. The van der Waals surface area contributed by atoms with E-state index in [4.69, 9.17) is 9.47 Å². The number of hydrogen-bond acceptors (Lipinski definition) is 8. The first kappa shape index (κ1) is 16.7. The lowest BCUT2D eigenvalue weighted by molar-refractivity contribution is -0.384. The van der Waals surface area contributed by atoms with E-state index in [1.54, 1.807) is 29.7 Å². The van der Waals surface area contributed by atoms with Gasteiger partial charge in [0.05, 0.1) is 11.1 Å². The van der Waals surface area contributed by atoms with E-state index in [-0.39, 0.29) is 5.69 Å². The molecule has 2 aliphatic heterocycles. The van der Waals surface area contributed by atoms with Crippen molar-refractivity contribution in [2.75, 3.05) is 11.6 Å². The first-order valence-corrected chi connectivity index (χ1v) is 9.51. The van der Waals surface area contributed by atoms with E-state index in [0.29, 0.717) is 11.5 Å². The van der Waals surface area contributed by atoms with Gasteiger partial charge in [-0.05, 0) is 36.2 Å². The zero-order valence-corrected chi connectivity index (χ0v) is 15.3. The van der Waals surface area contributed by atoms with E-state index in [2.05, 4.69) is 10.1 Å². The Morgan fingerprint density at radius 1 is 1.18 bits per heavy atom. The summed E-state index contributed by atoms with van der Waals surface area (Å²) in [6, 6.07) is 10.1. The first-order chi connectivity index (χ1) is 13.7. The molecule has 140 valence electrons. The van der Waals surface area contributed by atoms with Gasteiger partial charge in [-0.2, -0.15) is 5.10 Å². The topological polar surface area (TPSA) is 90.1 Å². The summed E-state index contributed by atoms with van der Waals surface area (Å²) >= 11 is 1.55. The number of nitro groups is 1. The smallest absolute Gasteiger partial charge is 0.269 e. The van der Waals surface area contributed by atoms with E-state index in [9.17, 15) is 10.1 Å². The van der Waals surface area contributed by atoms with Gasteiger partial charge in [0, 0.05) is 41.4 Å². The predicted octanol–water partition coefficient (Wildman–Crippen LogP) is 3.92. The maximum absolute atomic E-state index is 10.8. The summed E-state index contributed by atoms with van der Waals surface area (Å²) in [5.41, 5.74) is 2.85. The molecule has 0 saturated heterocycles. The molecule has 0 amide bonds. The SMILES string of the molecule is O=[N+]([O-])c1ccc(C2Oc3cc4c(cc3O2)CCN(c2nccs2)N=C4)cc1. The fourth-order valence-corrected chi connectivity index (χ4v) is 3.81. The van der Waals surface area contributed by atoms with Gasteiger partial charge < -0.3 is 9.47 Å². The van der Waals surface area contributed by atoms with Gasteiger partial charge in [-0.3, -0.25) is 10.1 Å². The second kappa shape index (κ2) is 6.61. The van der Waals surface area contributed by atoms with Crippen LogP contribution in [0.5, 0.6) is 11.5 Å². The van der Waals surface area contributed by atoms with Crippen molar-refractivity contribution in [3.63, 3.8) is 0 Å². The number of aromatic nitrogens is 1. The molecule has 1 unspecified atom stereocenters. The highest BCUT2D eigenvalue weighted by Crippen LogP contribution is 2.42. The zero-order chi connectivity index (χ0) is 19.1. The van der Waals surface area contributed by atoms with Crippen molar-refractivity contribution >= 4 is 28.4 Å². The number of fused-ring (bicyclic) bond motifs is 2. The molecular formula is C19H14N4O4S. The van der Waals surface area contributed by atoms with Gasteiger partial charge in [-0.1, -0.05) is 0 Å². The Balaban J connectivity index is 1.38. The second-order valence-corrected chi connectivity index (χ2v) is 7.22. The highest BCUT2D eigenvalue weighted by atomic mass is 32.1. The molecule has 0 aliphatic carbocycles. The Morgan fingerprint density at radius 3 is 2.68 bits per heavy atom. The predicted molar refractivity (Wildman–Crippen MR) is 104 cm³/mol. The molecule has 0 N–H and O–H groups in total. The minimum atomic E-state index is -0.620. The number of hydrazone groups is 1. The third-order valence-corrected chi connectivity index (χ3v) is 5.40. The molecule has 0 fully saturated rings. The summed E-state index contributed by atoms with van der Waals surface area (Å²) in [6.07, 6.45) is 3.76. The zero-order valence-electron chi connectivity index (χ0n) is 14.5. The van der Waals surface area contributed by atoms with Crippen molar-refractivity contribution in [2.45, 2.75) is 12.7 Å². The van der Waals surface area contributed by atoms with Crippen molar-refractivity contribution in [2.24, 2.45) is 5.10 Å². The summed E-state index contributed by atoms with van der Waals surface area (Å²) in [6.45, 7) is 0.725. The number of benzene rings is 2.